The van der Waals surface area contributed by atoms with Crippen molar-refractivity contribution in [3.05, 3.63) is 36.9 Å². The molecule has 0 unspecified atom stereocenters. The highest BCUT2D eigenvalue weighted by atomic mass is 16.1. The van der Waals surface area contributed by atoms with Crippen molar-refractivity contribution >= 4 is 11.6 Å². The van der Waals surface area contributed by atoms with Gasteiger partial charge in [-0.25, -0.2) is 4.68 Å². The molecular formula is C13H13N5O. The molecule has 1 N–H and O–H groups in total. The summed E-state index contributed by atoms with van der Waals surface area (Å²) in [5.74, 6) is 0.496. The van der Waals surface area contributed by atoms with Crippen molar-refractivity contribution in [2.24, 2.45) is 0 Å². The topological polar surface area (TPSA) is 72.7 Å². The van der Waals surface area contributed by atoms with E-state index in [0.29, 0.717) is 11.7 Å². The van der Waals surface area contributed by atoms with Crippen LogP contribution in [0.25, 0.3) is 11.4 Å². The van der Waals surface area contributed by atoms with E-state index in [0.717, 1.165) is 24.2 Å². The van der Waals surface area contributed by atoms with Gasteiger partial charge in [0.2, 0.25) is 5.91 Å². The van der Waals surface area contributed by atoms with E-state index in [2.05, 4.69) is 27.4 Å². The molecule has 0 atom stereocenters. The second-order valence-corrected chi connectivity index (χ2v) is 4.45. The molecule has 1 amide bonds. The summed E-state index contributed by atoms with van der Waals surface area (Å²) in [4.78, 5) is 11.3. The number of anilines is 1. The standard InChI is InChI=1S/C13H13N5O/c1-2-12(19)14-10-5-3-4-9(8-10)13-15-16-17-18(13)11-6-7-11/h2-5,8,11H,1,6-7H2,(H,14,19). The fraction of sp³-hybridized carbons (Fsp3) is 0.231. The third-order valence-corrected chi connectivity index (χ3v) is 2.96. The minimum atomic E-state index is -0.237. The average Bonchev–Trinajstić information content (AvgIpc) is 3.16. The Hall–Kier alpha value is -2.50. The zero-order valence-corrected chi connectivity index (χ0v) is 10.3. The largest absolute Gasteiger partial charge is 0.323 e. The van der Waals surface area contributed by atoms with Gasteiger partial charge >= 0.3 is 0 Å². The predicted molar refractivity (Wildman–Crippen MR) is 70.4 cm³/mol. The average molecular weight is 255 g/mol. The summed E-state index contributed by atoms with van der Waals surface area (Å²) in [5.41, 5.74) is 1.59. The van der Waals surface area contributed by atoms with Crippen LogP contribution in [-0.2, 0) is 4.79 Å². The monoisotopic (exact) mass is 255 g/mol. The fourth-order valence-corrected chi connectivity index (χ4v) is 1.88. The van der Waals surface area contributed by atoms with Gasteiger partial charge in [0.1, 0.15) is 0 Å². The van der Waals surface area contributed by atoms with Crippen molar-refractivity contribution in [1.29, 1.82) is 0 Å². The number of rotatable bonds is 4. The first kappa shape index (κ1) is 11.6. The number of nitrogens with zero attached hydrogens (tertiary/aromatic N) is 4. The number of hydrogen-bond donors (Lipinski definition) is 1. The van der Waals surface area contributed by atoms with Crippen molar-refractivity contribution < 1.29 is 4.79 Å². The van der Waals surface area contributed by atoms with Gasteiger partial charge in [0.05, 0.1) is 6.04 Å². The maximum Gasteiger partial charge on any atom is 0.247 e. The maximum absolute atomic E-state index is 11.3. The minimum Gasteiger partial charge on any atom is -0.323 e. The van der Waals surface area contributed by atoms with Crippen molar-refractivity contribution in [1.82, 2.24) is 20.2 Å². The molecular weight excluding hydrogens is 242 g/mol. The Morgan fingerprint density at radius 2 is 2.32 bits per heavy atom. The number of amides is 1. The van der Waals surface area contributed by atoms with Gasteiger partial charge in [-0.3, -0.25) is 4.79 Å². The molecule has 0 saturated heterocycles. The zero-order chi connectivity index (χ0) is 13.2. The molecule has 1 aliphatic rings. The van der Waals surface area contributed by atoms with Crippen LogP contribution in [0.1, 0.15) is 18.9 Å². The Morgan fingerprint density at radius 3 is 3.05 bits per heavy atom. The van der Waals surface area contributed by atoms with E-state index in [1.165, 1.54) is 6.08 Å². The lowest BCUT2D eigenvalue weighted by atomic mass is 10.2. The van der Waals surface area contributed by atoms with Gasteiger partial charge in [-0.05, 0) is 41.5 Å². The first-order valence-corrected chi connectivity index (χ1v) is 6.09. The highest BCUT2D eigenvalue weighted by Crippen LogP contribution is 2.36. The van der Waals surface area contributed by atoms with E-state index in [4.69, 9.17) is 0 Å². The van der Waals surface area contributed by atoms with Crippen molar-refractivity contribution in [3.63, 3.8) is 0 Å². The van der Waals surface area contributed by atoms with Gasteiger partial charge in [-0.15, -0.1) is 5.10 Å². The van der Waals surface area contributed by atoms with Crippen LogP contribution in [0.15, 0.2) is 36.9 Å². The van der Waals surface area contributed by atoms with Crippen LogP contribution in [0.4, 0.5) is 5.69 Å². The SMILES string of the molecule is C=CC(=O)Nc1cccc(-c2nnnn2C2CC2)c1. The van der Waals surface area contributed by atoms with E-state index in [1.54, 1.807) is 0 Å². The molecule has 19 heavy (non-hydrogen) atoms. The summed E-state index contributed by atoms with van der Waals surface area (Å²) in [5, 5.41) is 14.5. The maximum atomic E-state index is 11.3. The van der Waals surface area contributed by atoms with E-state index >= 15 is 0 Å². The van der Waals surface area contributed by atoms with Crippen LogP contribution in [0.5, 0.6) is 0 Å². The minimum absolute atomic E-state index is 0.237. The summed E-state index contributed by atoms with van der Waals surface area (Å²) < 4.78 is 1.84. The molecule has 2 aromatic rings. The summed E-state index contributed by atoms with van der Waals surface area (Å²) in [6.45, 7) is 3.43. The molecule has 1 saturated carbocycles. The second kappa shape index (κ2) is 4.64. The molecule has 3 rings (SSSR count). The summed E-state index contributed by atoms with van der Waals surface area (Å²) in [6.07, 6.45) is 3.47. The molecule has 6 heteroatoms. The zero-order valence-electron chi connectivity index (χ0n) is 10.3. The molecule has 0 bridgehead atoms. The molecule has 6 nitrogen and oxygen atoms in total. The highest BCUT2D eigenvalue weighted by Gasteiger charge is 2.28. The number of tetrazole rings is 1. The Kier molecular flexibility index (Phi) is 2.83. The number of aromatic nitrogens is 4. The first-order valence-electron chi connectivity index (χ1n) is 6.09. The van der Waals surface area contributed by atoms with Crippen LogP contribution in [0.3, 0.4) is 0 Å². The van der Waals surface area contributed by atoms with E-state index in [9.17, 15) is 4.79 Å². The van der Waals surface area contributed by atoms with Gasteiger partial charge in [0, 0.05) is 11.3 Å². The summed E-state index contributed by atoms with van der Waals surface area (Å²) in [7, 11) is 0. The highest BCUT2D eigenvalue weighted by molar-refractivity contribution is 5.99. The number of benzene rings is 1. The summed E-state index contributed by atoms with van der Waals surface area (Å²) in [6, 6.07) is 7.87. The third kappa shape index (κ3) is 2.37. The fourth-order valence-electron chi connectivity index (χ4n) is 1.88. The third-order valence-electron chi connectivity index (χ3n) is 2.96. The van der Waals surface area contributed by atoms with E-state index in [1.807, 2.05) is 28.9 Å². The number of carbonyl (C=O) groups is 1. The lowest BCUT2D eigenvalue weighted by Gasteiger charge is -2.06. The second-order valence-electron chi connectivity index (χ2n) is 4.45. The van der Waals surface area contributed by atoms with Crippen LogP contribution < -0.4 is 5.32 Å². The molecule has 1 aromatic heterocycles. The molecule has 1 aromatic carbocycles. The molecule has 96 valence electrons. The summed E-state index contributed by atoms with van der Waals surface area (Å²) >= 11 is 0. The number of hydrogen-bond acceptors (Lipinski definition) is 4. The molecule has 0 aliphatic heterocycles. The van der Waals surface area contributed by atoms with Gasteiger partial charge in [0.15, 0.2) is 5.82 Å². The van der Waals surface area contributed by atoms with Crippen molar-refractivity contribution in [2.75, 3.05) is 5.32 Å². The van der Waals surface area contributed by atoms with Crippen LogP contribution >= 0.6 is 0 Å². The first-order chi connectivity index (χ1) is 9.28. The van der Waals surface area contributed by atoms with Crippen molar-refractivity contribution in [2.45, 2.75) is 18.9 Å². The van der Waals surface area contributed by atoms with E-state index in [-0.39, 0.29) is 5.91 Å². The normalized spacial score (nSPS) is 14.1. The molecule has 1 heterocycles. The van der Waals surface area contributed by atoms with Crippen LogP contribution in [-0.4, -0.2) is 26.1 Å². The molecule has 1 aliphatic carbocycles. The Balaban J connectivity index is 1.91. The number of carbonyl (C=O) groups excluding carboxylic acids is 1. The van der Waals surface area contributed by atoms with Gasteiger partial charge in [-0.2, -0.15) is 0 Å². The van der Waals surface area contributed by atoms with Crippen LogP contribution in [0, 0.1) is 0 Å². The Bertz CT molecular complexity index is 629. The van der Waals surface area contributed by atoms with Crippen molar-refractivity contribution in [3.8, 4) is 11.4 Å². The molecule has 0 spiro atoms. The van der Waals surface area contributed by atoms with Gasteiger partial charge in [-0.1, -0.05) is 18.7 Å². The predicted octanol–water partition coefficient (Wildman–Crippen LogP) is 1.80. The van der Waals surface area contributed by atoms with Gasteiger partial charge in [0.25, 0.3) is 0 Å². The van der Waals surface area contributed by atoms with Crippen LogP contribution in [0.2, 0.25) is 0 Å². The quantitative estimate of drug-likeness (QED) is 0.845. The van der Waals surface area contributed by atoms with E-state index < -0.39 is 0 Å². The molecule has 1 fully saturated rings. The lowest BCUT2D eigenvalue weighted by molar-refractivity contribution is -0.111. The lowest BCUT2D eigenvalue weighted by Crippen LogP contribution is -2.07. The Morgan fingerprint density at radius 1 is 1.47 bits per heavy atom. The van der Waals surface area contributed by atoms with Gasteiger partial charge < -0.3 is 5.32 Å². The smallest absolute Gasteiger partial charge is 0.247 e. The Labute approximate surface area is 110 Å². The molecule has 0 radical (unpaired) electrons. The number of nitrogens with one attached hydrogen (secondary N) is 1.